The van der Waals surface area contributed by atoms with E-state index in [-0.39, 0.29) is 47.9 Å². The monoisotopic (exact) mass is 569 g/mol. The number of piperidine rings is 1. The molecular formula is C25H40IN5O2. The van der Waals surface area contributed by atoms with Gasteiger partial charge in [-0.25, -0.2) is 0 Å². The Kier molecular flexibility index (Phi) is 10.2. The Bertz CT molecular complexity index is 776. The fraction of sp³-hybridized carbons (Fsp3) is 0.680. The van der Waals surface area contributed by atoms with Gasteiger partial charge >= 0.3 is 0 Å². The molecule has 8 heteroatoms. The van der Waals surface area contributed by atoms with Gasteiger partial charge < -0.3 is 21.1 Å². The average molecular weight is 570 g/mol. The van der Waals surface area contributed by atoms with E-state index >= 15 is 0 Å². The van der Waals surface area contributed by atoms with Crippen molar-refractivity contribution < 1.29 is 9.90 Å². The van der Waals surface area contributed by atoms with E-state index in [0.29, 0.717) is 12.6 Å². The molecule has 4 N–H and O–H groups in total. The van der Waals surface area contributed by atoms with E-state index in [1.165, 1.54) is 11.1 Å². The molecule has 2 unspecified atom stereocenters. The topological polar surface area (TPSA) is 89.0 Å². The zero-order chi connectivity index (χ0) is 22.3. The third-order valence-electron chi connectivity index (χ3n) is 6.98. The Morgan fingerprint density at radius 1 is 1.00 bits per heavy atom. The van der Waals surface area contributed by atoms with Crippen molar-refractivity contribution in [2.75, 3.05) is 20.1 Å². The van der Waals surface area contributed by atoms with Crippen molar-refractivity contribution in [1.29, 1.82) is 0 Å². The standard InChI is InChI=1S/C25H39N5O2.HI/c1-26-25(29-22-4-2-3-20(15-22)24(32)28-21-9-10-21)27-16-18-5-7-19(8-6-18)17-30-13-11-23(31)12-14-30;/h5-8,20-23,31H,2-4,9-17H2,1H3,(H,28,32)(H2,26,27,29);1H. The minimum Gasteiger partial charge on any atom is -0.393 e. The molecule has 0 aromatic heterocycles. The van der Waals surface area contributed by atoms with Crippen molar-refractivity contribution >= 4 is 35.8 Å². The van der Waals surface area contributed by atoms with Gasteiger partial charge in [-0.1, -0.05) is 30.7 Å². The van der Waals surface area contributed by atoms with Crippen LogP contribution < -0.4 is 16.0 Å². The van der Waals surface area contributed by atoms with Gasteiger partial charge in [-0.15, -0.1) is 24.0 Å². The lowest BCUT2D eigenvalue weighted by atomic mass is 9.85. The van der Waals surface area contributed by atoms with Crippen molar-refractivity contribution in [3.05, 3.63) is 35.4 Å². The van der Waals surface area contributed by atoms with Gasteiger partial charge in [0, 0.05) is 51.2 Å². The summed E-state index contributed by atoms with van der Waals surface area (Å²) in [4.78, 5) is 19.2. The maximum absolute atomic E-state index is 12.4. The first-order chi connectivity index (χ1) is 15.6. The summed E-state index contributed by atoms with van der Waals surface area (Å²) in [6.45, 7) is 3.60. The molecule has 0 radical (unpaired) electrons. The van der Waals surface area contributed by atoms with Crippen LogP contribution in [-0.4, -0.2) is 60.2 Å². The van der Waals surface area contributed by atoms with Crippen LogP contribution in [0.1, 0.15) is 62.5 Å². The lowest BCUT2D eigenvalue weighted by molar-refractivity contribution is -0.126. The van der Waals surface area contributed by atoms with E-state index in [9.17, 15) is 9.90 Å². The van der Waals surface area contributed by atoms with Crippen LogP contribution in [0.4, 0.5) is 0 Å². The molecule has 2 aliphatic carbocycles. The molecule has 0 bridgehead atoms. The summed E-state index contributed by atoms with van der Waals surface area (Å²) in [5.74, 6) is 1.16. The fourth-order valence-electron chi connectivity index (χ4n) is 4.78. The number of aliphatic imine (C=N–C) groups is 1. The van der Waals surface area contributed by atoms with Gasteiger partial charge in [-0.05, 0) is 56.1 Å². The van der Waals surface area contributed by atoms with E-state index in [0.717, 1.165) is 77.0 Å². The van der Waals surface area contributed by atoms with E-state index in [2.05, 4.69) is 50.1 Å². The summed E-state index contributed by atoms with van der Waals surface area (Å²) < 4.78 is 0. The molecule has 184 valence electrons. The number of carbonyl (C=O) groups excluding carboxylic acids is 1. The number of guanidine groups is 1. The Morgan fingerprint density at radius 3 is 2.36 bits per heavy atom. The number of aliphatic hydroxyl groups is 1. The molecule has 7 nitrogen and oxygen atoms in total. The lowest BCUT2D eigenvalue weighted by Crippen LogP contribution is -2.47. The minimum absolute atomic E-state index is 0. The minimum atomic E-state index is -0.123. The van der Waals surface area contributed by atoms with Crippen molar-refractivity contribution in [2.24, 2.45) is 10.9 Å². The van der Waals surface area contributed by atoms with Crippen LogP contribution in [0.25, 0.3) is 0 Å². The highest BCUT2D eigenvalue weighted by atomic mass is 127. The first-order valence-electron chi connectivity index (χ1n) is 12.3. The molecule has 1 amide bonds. The number of halogens is 1. The molecule has 3 aliphatic rings. The Morgan fingerprint density at radius 2 is 1.70 bits per heavy atom. The van der Waals surface area contributed by atoms with Crippen LogP contribution in [0.2, 0.25) is 0 Å². The number of aliphatic hydroxyl groups excluding tert-OH is 1. The van der Waals surface area contributed by atoms with Crippen LogP contribution in [0.15, 0.2) is 29.3 Å². The molecule has 1 aromatic carbocycles. The molecule has 3 fully saturated rings. The lowest BCUT2D eigenvalue weighted by Gasteiger charge is -2.30. The third-order valence-corrected chi connectivity index (χ3v) is 6.98. The predicted molar refractivity (Wildman–Crippen MR) is 143 cm³/mol. The summed E-state index contributed by atoms with van der Waals surface area (Å²) in [5.41, 5.74) is 2.53. The van der Waals surface area contributed by atoms with E-state index in [4.69, 9.17) is 0 Å². The Hall–Kier alpha value is -1.39. The third kappa shape index (κ3) is 8.40. The molecule has 1 aliphatic heterocycles. The number of hydrogen-bond donors (Lipinski definition) is 4. The smallest absolute Gasteiger partial charge is 0.223 e. The number of rotatable bonds is 7. The predicted octanol–water partition coefficient (Wildman–Crippen LogP) is 2.76. The van der Waals surface area contributed by atoms with Gasteiger partial charge in [-0.3, -0.25) is 14.7 Å². The first-order valence-corrected chi connectivity index (χ1v) is 12.3. The number of nitrogens with one attached hydrogen (secondary N) is 3. The molecule has 2 atom stereocenters. The normalized spacial score (nSPS) is 24.6. The van der Waals surface area contributed by atoms with Gasteiger partial charge in [0.25, 0.3) is 0 Å². The zero-order valence-electron chi connectivity index (χ0n) is 19.8. The summed E-state index contributed by atoms with van der Waals surface area (Å²) >= 11 is 0. The van der Waals surface area contributed by atoms with Gasteiger partial charge in [0.15, 0.2) is 5.96 Å². The van der Waals surface area contributed by atoms with Crippen LogP contribution in [0.3, 0.4) is 0 Å². The van der Waals surface area contributed by atoms with E-state index in [1.54, 1.807) is 7.05 Å². The number of hydrogen-bond acceptors (Lipinski definition) is 4. The molecule has 1 aromatic rings. The maximum atomic E-state index is 12.4. The highest BCUT2D eigenvalue weighted by Crippen LogP contribution is 2.26. The molecular weight excluding hydrogens is 529 g/mol. The number of nitrogens with zero attached hydrogens (tertiary/aromatic N) is 2. The SMILES string of the molecule is CN=C(NCc1ccc(CN2CCC(O)CC2)cc1)NC1CCCC(C(=O)NC2CC2)C1.I. The van der Waals surface area contributed by atoms with Crippen LogP contribution in [0, 0.1) is 5.92 Å². The molecule has 1 heterocycles. The summed E-state index contributed by atoms with van der Waals surface area (Å²) in [7, 11) is 1.80. The van der Waals surface area contributed by atoms with E-state index < -0.39 is 0 Å². The molecule has 4 rings (SSSR count). The number of carbonyl (C=O) groups is 1. The molecule has 2 saturated carbocycles. The van der Waals surface area contributed by atoms with Crippen molar-refractivity contribution in [3.63, 3.8) is 0 Å². The quantitative estimate of drug-likeness (QED) is 0.231. The van der Waals surface area contributed by atoms with Gasteiger partial charge in [-0.2, -0.15) is 0 Å². The van der Waals surface area contributed by atoms with Gasteiger partial charge in [0.2, 0.25) is 5.91 Å². The van der Waals surface area contributed by atoms with Crippen LogP contribution >= 0.6 is 24.0 Å². The van der Waals surface area contributed by atoms with Crippen LogP contribution in [0.5, 0.6) is 0 Å². The Labute approximate surface area is 215 Å². The molecule has 33 heavy (non-hydrogen) atoms. The Balaban J connectivity index is 0.00000306. The second kappa shape index (κ2) is 12.9. The second-order valence-corrected chi connectivity index (χ2v) is 9.74. The average Bonchev–Trinajstić information content (AvgIpc) is 3.63. The molecule has 0 spiro atoms. The summed E-state index contributed by atoms with van der Waals surface area (Å²) in [5, 5.41) is 19.8. The van der Waals surface area contributed by atoms with E-state index in [1.807, 2.05) is 0 Å². The van der Waals surface area contributed by atoms with Crippen LogP contribution in [-0.2, 0) is 17.9 Å². The summed E-state index contributed by atoms with van der Waals surface area (Å²) in [6, 6.07) is 9.46. The highest BCUT2D eigenvalue weighted by Gasteiger charge is 2.31. The van der Waals surface area contributed by atoms with Gasteiger partial charge in [0.1, 0.15) is 0 Å². The van der Waals surface area contributed by atoms with Gasteiger partial charge in [0.05, 0.1) is 6.10 Å². The molecule has 1 saturated heterocycles. The number of likely N-dealkylation sites (tertiary alicyclic amines) is 1. The zero-order valence-corrected chi connectivity index (χ0v) is 22.1. The maximum Gasteiger partial charge on any atom is 0.223 e. The number of benzene rings is 1. The first kappa shape index (κ1) is 26.2. The highest BCUT2D eigenvalue weighted by molar-refractivity contribution is 14.0. The van der Waals surface area contributed by atoms with Crippen molar-refractivity contribution in [3.8, 4) is 0 Å². The van der Waals surface area contributed by atoms with Crippen molar-refractivity contribution in [2.45, 2.75) is 82.6 Å². The largest absolute Gasteiger partial charge is 0.393 e. The number of amides is 1. The summed E-state index contributed by atoms with van der Waals surface area (Å²) in [6.07, 6.45) is 7.93. The second-order valence-electron chi connectivity index (χ2n) is 9.74. The fourth-order valence-corrected chi connectivity index (χ4v) is 4.78. The van der Waals surface area contributed by atoms with Crippen molar-refractivity contribution in [1.82, 2.24) is 20.9 Å².